The summed E-state index contributed by atoms with van der Waals surface area (Å²) in [6, 6.07) is 0. The van der Waals surface area contributed by atoms with Crippen molar-refractivity contribution in [2.24, 2.45) is 0 Å². The van der Waals surface area contributed by atoms with E-state index in [0.29, 0.717) is 32.4 Å². The molecule has 47 heavy (non-hydrogen) atoms. The lowest BCUT2D eigenvalue weighted by atomic mass is 10.1. The Balaban J connectivity index is 3.31. The summed E-state index contributed by atoms with van der Waals surface area (Å²) in [5.41, 5.74) is 0. The second kappa shape index (κ2) is 40.6. The van der Waals surface area contributed by atoms with Crippen LogP contribution in [0.3, 0.4) is 0 Å². The quantitative estimate of drug-likeness (QED) is 0.0408. The van der Waals surface area contributed by atoms with E-state index in [-0.39, 0.29) is 11.9 Å². The van der Waals surface area contributed by atoms with E-state index in [9.17, 15) is 9.59 Å². The van der Waals surface area contributed by atoms with Gasteiger partial charge in [-0.1, -0.05) is 167 Å². The third-order valence-electron chi connectivity index (χ3n) is 9.21. The van der Waals surface area contributed by atoms with Gasteiger partial charge >= 0.3 is 5.97 Å². The molecule has 0 bridgehead atoms. The Kier molecular flexibility index (Phi) is 39.2. The van der Waals surface area contributed by atoms with Crippen LogP contribution in [0.5, 0.6) is 0 Å². The molecule has 276 valence electrons. The highest BCUT2D eigenvalue weighted by molar-refractivity contribution is 5.75. The van der Waals surface area contributed by atoms with Gasteiger partial charge in [-0.25, -0.2) is 0 Å². The SMILES string of the molecule is CCCCCCCC/C=C\CCCCCCCCCCCC(=O)OCCCNC(=O)CCCCCCC/C=C/CCCCCCCC. The van der Waals surface area contributed by atoms with Gasteiger partial charge in [0.05, 0.1) is 6.61 Å². The summed E-state index contributed by atoms with van der Waals surface area (Å²) in [6.45, 7) is 5.54. The van der Waals surface area contributed by atoms with Crippen molar-refractivity contribution in [2.75, 3.05) is 13.2 Å². The first-order chi connectivity index (χ1) is 23.2. The van der Waals surface area contributed by atoms with Gasteiger partial charge < -0.3 is 10.1 Å². The van der Waals surface area contributed by atoms with Gasteiger partial charge in [0, 0.05) is 19.4 Å². The van der Waals surface area contributed by atoms with Crippen LogP contribution in [-0.4, -0.2) is 25.0 Å². The fourth-order valence-corrected chi connectivity index (χ4v) is 6.05. The van der Waals surface area contributed by atoms with Gasteiger partial charge in [0.1, 0.15) is 0 Å². The monoisotopic (exact) mass is 660 g/mol. The number of ether oxygens (including phenoxy) is 1. The van der Waals surface area contributed by atoms with Gasteiger partial charge in [0.25, 0.3) is 0 Å². The maximum atomic E-state index is 12.0. The lowest BCUT2D eigenvalue weighted by Gasteiger charge is -2.07. The molecule has 0 aliphatic carbocycles. The molecule has 0 rings (SSSR count). The molecular weight excluding hydrogens is 578 g/mol. The van der Waals surface area contributed by atoms with E-state index in [2.05, 4.69) is 43.5 Å². The van der Waals surface area contributed by atoms with Gasteiger partial charge in [-0.2, -0.15) is 0 Å². The van der Waals surface area contributed by atoms with E-state index in [1.807, 2.05) is 0 Å². The Hall–Kier alpha value is -1.58. The first kappa shape index (κ1) is 45.4. The predicted molar refractivity (Wildman–Crippen MR) is 206 cm³/mol. The van der Waals surface area contributed by atoms with E-state index < -0.39 is 0 Å². The van der Waals surface area contributed by atoms with Crippen LogP contribution in [0, 0.1) is 0 Å². The topological polar surface area (TPSA) is 55.4 Å². The zero-order valence-electron chi connectivity index (χ0n) is 31.8. The molecule has 0 aliphatic rings. The Morgan fingerprint density at radius 3 is 1.17 bits per heavy atom. The Bertz CT molecular complexity index is 701. The van der Waals surface area contributed by atoms with Gasteiger partial charge in [0.2, 0.25) is 5.91 Å². The Morgan fingerprint density at radius 1 is 0.426 bits per heavy atom. The molecule has 0 unspecified atom stereocenters. The van der Waals surface area contributed by atoms with Crippen LogP contribution in [0.1, 0.15) is 226 Å². The number of carbonyl (C=O) groups excluding carboxylic acids is 2. The third-order valence-corrected chi connectivity index (χ3v) is 9.21. The standard InChI is InChI=1S/C43H81NO3/c1-3-5-7-9-11-13-15-17-19-20-21-22-24-26-28-30-32-34-36-39-43(46)47-41-37-40-44-42(45)38-35-33-31-29-27-25-23-18-16-14-12-10-8-6-4-2/h17-19,23H,3-16,20-22,24-41H2,1-2H3,(H,44,45)/b19-17-,23-18+. The number of amides is 1. The lowest BCUT2D eigenvalue weighted by molar-refractivity contribution is -0.143. The van der Waals surface area contributed by atoms with Crippen molar-refractivity contribution in [3.63, 3.8) is 0 Å². The average molecular weight is 660 g/mol. The molecular formula is C43H81NO3. The summed E-state index contributed by atoms with van der Waals surface area (Å²) < 4.78 is 5.35. The summed E-state index contributed by atoms with van der Waals surface area (Å²) in [5.74, 6) is 0.0332. The Labute approximate surface area is 294 Å². The van der Waals surface area contributed by atoms with Gasteiger partial charge in [-0.05, 0) is 70.6 Å². The van der Waals surface area contributed by atoms with E-state index in [1.165, 1.54) is 167 Å². The van der Waals surface area contributed by atoms with Crippen LogP contribution < -0.4 is 5.32 Å². The number of esters is 1. The largest absolute Gasteiger partial charge is 0.466 e. The maximum absolute atomic E-state index is 12.0. The number of carbonyl (C=O) groups is 2. The van der Waals surface area contributed by atoms with Crippen molar-refractivity contribution in [3.05, 3.63) is 24.3 Å². The zero-order valence-corrected chi connectivity index (χ0v) is 31.8. The highest BCUT2D eigenvalue weighted by Gasteiger charge is 2.04. The molecule has 4 heteroatoms. The second-order valence-corrected chi connectivity index (χ2v) is 14.0. The molecule has 0 atom stereocenters. The molecule has 0 heterocycles. The van der Waals surface area contributed by atoms with Crippen LogP contribution >= 0.6 is 0 Å². The van der Waals surface area contributed by atoms with Crippen LogP contribution in [0.15, 0.2) is 24.3 Å². The average Bonchev–Trinajstić information content (AvgIpc) is 3.07. The second-order valence-electron chi connectivity index (χ2n) is 14.0. The molecule has 0 aliphatic heterocycles. The van der Waals surface area contributed by atoms with Crippen LogP contribution in [-0.2, 0) is 14.3 Å². The highest BCUT2D eigenvalue weighted by atomic mass is 16.5. The van der Waals surface area contributed by atoms with Crippen molar-refractivity contribution < 1.29 is 14.3 Å². The van der Waals surface area contributed by atoms with Crippen molar-refractivity contribution >= 4 is 11.9 Å². The molecule has 0 aromatic carbocycles. The minimum atomic E-state index is -0.0920. The maximum Gasteiger partial charge on any atom is 0.305 e. The zero-order chi connectivity index (χ0) is 34.1. The highest BCUT2D eigenvalue weighted by Crippen LogP contribution is 2.13. The Morgan fingerprint density at radius 2 is 0.766 bits per heavy atom. The fourth-order valence-electron chi connectivity index (χ4n) is 6.05. The summed E-state index contributed by atoms with van der Waals surface area (Å²) in [4.78, 5) is 24.0. The van der Waals surface area contributed by atoms with Crippen molar-refractivity contribution in [3.8, 4) is 0 Å². The number of hydrogen-bond acceptors (Lipinski definition) is 3. The minimum absolute atomic E-state index is 0.0920. The summed E-state index contributed by atoms with van der Waals surface area (Å²) in [7, 11) is 0. The van der Waals surface area contributed by atoms with E-state index >= 15 is 0 Å². The number of allylic oxidation sites excluding steroid dienone is 4. The van der Waals surface area contributed by atoms with E-state index in [1.54, 1.807) is 0 Å². The van der Waals surface area contributed by atoms with Crippen LogP contribution in [0.2, 0.25) is 0 Å². The van der Waals surface area contributed by atoms with Crippen LogP contribution in [0.4, 0.5) is 0 Å². The third kappa shape index (κ3) is 40.5. The first-order valence-corrected chi connectivity index (χ1v) is 20.9. The van der Waals surface area contributed by atoms with Crippen molar-refractivity contribution in [1.29, 1.82) is 0 Å². The normalized spacial score (nSPS) is 11.6. The molecule has 0 aromatic rings. The molecule has 0 saturated carbocycles. The first-order valence-electron chi connectivity index (χ1n) is 20.9. The van der Waals surface area contributed by atoms with E-state index in [4.69, 9.17) is 4.74 Å². The van der Waals surface area contributed by atoms with Crippen molar-refractivity contribution in [1.82, 2.24) is 5.32 Å². The molecule has 0 fully saturated rings. The number of rotatable bonds is 38. The van der Waals surface area contributed by atoms with Gasteiger partial charge in [-0.3, -0.25) is 9.59 Å². The summed E-state index contributed by atoms with van der Waals surface area (Å²) >= 11 is 0. The number of hydrogen-bond donors (Lipinski definition) is 1. The molecule has 0 aromatic heterocycles. The summed E-state index contributed by atoms with van der Waals surface area (Å²) in [5, 5.41) is 2.97. The van der Waals surface area contributed by atoms with Crippen molar-refractivity contribution in [2.45, 2.75) is 226 Å². The summed E-state index contributed by atoms with van der Waals surface area (Å²) in [6.07, 6.45) is 49.9. The van der Waals surface area contributed by atoms with E-state index in [0.717, 1.165) is 25.7 Å². The fraction of sp³-hybridized carbons (Fsp3) is 0.860. The minimum Gasteiger partial charge on any atom is -0.466 e. The molecule has 4 nitrogen and oxygen atoms in total. The van der Waals surface area contributed by atoms with Gasteiger partial charge in [-0.15, -0.1) is 0 Å². The smallest absolute Gasteiger partial charge is 0.305 e. The molecule has 1 amide bonds. The van der Waals surface area contributed by atoms with Crippen LogP contribution in [0.25, 0.3) is 0 Å². The molecule has 0 saturated heterocycles. The molecule has 0 radical (unpaired) electrons. The predicted octanol–water partition coefficient (Wildman–Crippen LogP) is 13.7. The van der Waals surface area contributed by atoms with Gasteiger partial charge in [0.15, 0.2) is 0 Å². The molecule has 0 spiro atoms. The lowest BCUT2D eigenvalue weighted by Crippen LogP contribution is -2.25. The number of unbranched alkanes of at least 4 members (excludes halogenated alkanes) is 26. The molecule has 1 N–H and O–H groups in total. The number of nitrogens with one attached hydrogen (secondary N) is 1.